The first-order valence-electron chi connectivity index (χ1n) is 7.98. The van der Waals surface area contributed by atoms with Crippen molar-refractivity contribution in [2.45, 2.75) is 13.5 Å². The molecule has 5 nitrogen and oxygen atoms in total. The Morgan fingerprint density at radius 1 is 1.12 bits per heavy atom. The monoisotopic (exact) mass is 371 g/mol. The molecule has 3 rings (SSSR count). The second-order valence-electron chi connectivity index (χ2n) is 5.67. The van der Waals surface area contributed by atoms with E-state index in [0.717, 1.165) is 11.3 Å². The number of rotatable bonds is 6. The second-order valence-corrected chi connectivity index (χ2v) is 6.10. The normalized spacial score (nSPS) is 10.4. The minimum absolute atomic E-state index is 0.175. The Balaban J connectivity index is 1.64. The molecule has 2 aromatic carbocycles. The van der Waals surface area contributed by atoms with Gasteiger partial charge in [-0.2, -0.15) is 0 Å². The average molecular weight is 372 g/mol. The molecule has 0 saturated heterocycles. The SMILES string of the molecule is COc1ccc(Cl)cc1NC(=O)c1ccc(COc2ccc(C)cc2)o1. The first kappa shape index (κ1) is 17.9. The van der Waals surface area contributed by atoms with Crippen molar-refractivity contribution >= 4 is 23.2 Å². The number of ether oxygens (including phenoxy) is 2. The topological polar surface area (TPSA) is 60.7 Å². The Hall–Kier alpha value is -2.92. The number of anilines is 1. The molecule has 0 atom stereocenters. The van der Waals surface area contributed by atoms with Crippen LogP contribution in [0.4, 0.5) is 5.69 Å². The molecule has 0 radical (unpaired) electrons. The summed E-state index contributed by atoms with van der Waals surface area (Å²) in [6.45, 7) is 2.24. The smallest absolute Gasteiger partial charge is 0.291 e. The lowest BCUT2D eigenvalue weighted by Crippen LogP contribution is -2.11. The van der Waals surface area contributed by atoms with Gasteiger partial charge in [-0.15, -0.1) is 0 Å². The van der Waals surface area contributed by atoms with Gasteiger partial charge in [0.15, 0.2) is 5.76 Å². The largest absolute Gasteiger partial charge is 0.495 e. The number of hydrogen-bond donors (Lipinski definition) is 1. The van der Waals surface area contributed by atoms with Gasteiger partial charge in [-0.3, -0.25) is 4.79 Å². The summed E-state index contributed by atoms with van der Waals surface area (Å²) in [5.74, 6) is 1.58. The van der Waals surface area contributed by atoms with Gasteiger partial charge in [-0.05, 0) is 49.4 Å². The first-order valence-corrected chi connectivity index (χ1v) is 8.36. The fourth-order valence-corrected chi connectivity index (χ4v) is 2.50. The lowest BCUT2D eigenvalue weighted by molar-refractivity contribution is 0.0992. The average Bonchev–Trinajstić information content (AvgIpc) is 3.11. The number of nitrogens with one attached hydrogen (secondary N) is 1. The van der Waals surface area contributed by atoms with Crippen molar-refractivity contribution in [2.75, 3.05) is 12.4 Å². The van der Waals surface area contributed by atoms with Crippen molar-refractivity contribution in [3.05, 3.63) is 76.7 Å². The van der Waals surface area contributed by atoms with E-state index in [0.29, 0.717) is 22.2 Å². The molecular formula is C20H18ClNO4. The molecule has 6 heteroatoms. The molecule has 0 aliphatic rings. The molecule has 1 heterocycles. The third-order valence-electron chi connectivity index (χ3n) is 3.70. The van der Waals surface area contributed by atoms with Crippen LogP contribution in [0.25, 0.3) is 0 Å². The molecule has 1 amide bonds. The highest BCUT2D eigenvalue weighted by Gasteiger charge is 2.14. The van der Waals surface area contributed by atoms with Crippen molar-refractivity contribution in [1.82, 2.24) is 0 Å². The highest BCUT2D eigenvalue weighted by Crippen LogP contribution is 2.28. The van der Waals surface area contributed by atoms with Gasteiger partial charge >= 0.3 is 0 Å². The zero-order valence-electron chi connectivity index (χ0n) is 14.4. The predicted octanol–water partition coefficient (Wildman–Crippen LogP) is 5.08. The van der Waals surface area contributed by atoms with Crippen LogP contribution in [0.2, 0.25) is 5.02 Å². The molecule has 1 aromatic heterocycles. The zero-order chi connectivity index (χ0) is 18.5. The molecule has 0 saturated carbocycles. The highest BCUT2D eigenvalue weighted by atomic mass is 35.5. The Morgan fingerprint density at radius 3 is 2.62 bits per heavy atom. The quantitative estimate of drug-likeness (QED) is 0.656. The summed E-state index contributed by atoms with van der Waals surface area (Å²) in [4.78, 5) is 12.4. The second kappa shape index (κ2) is 7.97. The summed E-state index contributed by atoms with van der Waals surface area (Å²) in [7, 11) is 1.52. The summed E-state index contributed by atoms with van der Waals surface area (Å²) in [6.07, 6.45) is 0. The fourth-order valence-electron chi connectivity index (χ4n) is 2.33. The van der Waals surface area contributed by atoms with Crippen molar-refractivity contribution in [1.29, 1.82) is 0 Å². The van der Waals surface area contributed by atoms with Gasteiger partial charge in [0.2, 0.25) is 0 Å². The Bertz CT molecular complexity index is 902. The van der Waals surface area contributed by atoms with E-state index in [4.69, 9.17) is 25.5 Å². The molecule has 26 heavy (non-hydrogen) atoms. The van der Waals surface area contributed by atoms with Crippen LogP contribution in [0.15, 0.2) is 59.0 Å². The lowest BCUT2D eigenvalue weighted by Gasteiger charge is -2.09. The van der Waals surface area contributed by atoms with Crippen LogP contribution in [-0.4, -0.2) is 13.0 Å². The highest BCUT2D eigenvalue weighted by molar-refractivity contribution is 6.31. The van der Waals surface area contributed by atoms with Gasteiger partial charge in [-0.1, -0.05) is 29.3 Å². The van der Waals surface area contributed by atoms with Crippen LogP contribution in [0.3, 0.4) is 0 Å². The number of halogens is 1. The molecule has 3 aromatic rings. The molecule has 0 spiro atoms. The zero-order valence-corrected chi connectivity index (χ0v) is 15.2. The van der Waals surface area contributed by atoms with Gasteiger partial charge < -0.3 is 19.2 Å². The molecule has 0 bridgehead atoms. The number of carbonyl (C=O) groups excluding carboxylic acids is 1. The van der Waals surface area contributed by atoms with Crippen LogP contribution < -0.4 is 14.8 Å². The van der Waals surface area contributed by atoms with E-state index in [1.54, 1.807) is 30.3 Å². The van der Waals surface area contributed by atoms with Crippen LogP contribution in [-0.2, 0) is 6.61 Å². The Kier molecular flexibility index (Phi) is 5.49. The van der Waals surface area contributed by atoms with Crippen molar-refractivity contribution < 1.29 is 18.7 Å². The van der Waals surface area contributed by atoms with E-state index >= 15 is 0 Å². The number of benzene rings is 2. The number of aryl methyl sites for hydroxylation is 1. The summed E-state index contributed by atoms with van der Waals surface area (Å²) in [6, 6.07) is 16.0. The summed E-state index contributed by atoms with van der Waals surface area (Å²) < 4.78 is 16.4. The molecule has 0 aliphatic heterocycles. The van der Waals surface area contributed by atoms with Crippen LogP contribution in [0.5, 0.6) is 11.5 Å². The van der Waals surface area contributed by atoms with Gasteiger partial charge in [0.05, 0.1) is 12.8 Å². The number of amides is 1. The number of hydrogen-bond acceptors (Lipinski definition) is 4. The lowest BCUT2D eigenvalue weighted by atomic mass is 10.2. The number of furan rings is 1. The maximum Gasteiger partial charge on any atom is 0.291 e. The predicted molar refractivity (Wildman–Crippen MR) is 100 cm³/mol. The van der Waals surface area contributed by atoms with Crippen molar-refractivity contribution in [2.24, 2.45) is 0 Å². The van der Waals surface area contributed by atoms with Gasteiger partial charge in [0.1, 0.15) is 23.9 Å². The van der Waals surface area contributed by atoms with E-state index in [9.17, 15) is 4.79 Å². The molecule has 134 valence electrons. The third-order valence-corrected chi connectivity index (χ3v) is 3.93. The van der Waals surface area contributed by atoms with Crippen LogP contribution in [0.1, 0.15) is 21.9 Å². The minimum atomic E-state index is -0.396. The summed E-state index contributed by atoms with van der Waals surface area (Å²) in [5.41, 5.74) is 1.63. The molecular weight excluding hydrogens is 354 g/mol. The van der Waals surface area contributed by atoms with E-state index in [1.807, 2.05) is 31.2 Å². The van der Waals surface area contributed by atoms with E-state index in [1.165, 1.54) is 7.11 Å². The van der Waals surface area contributed by atoms with Crippen molar-refractivity contribution in [3.63, 3.8) is 0 Å². The standard InChI is InChI=1S/C20H18ClNO4/c1-13-3-6-15(7-4-13)25-12-16-8-10-19(26-16)20(23)22-17-11-14(21)5-9-18(17)24-2/h3-11H,12H2,1-2H3,(H,22,23). The molecule has 0 fully saturated rings. The van der Waals surface area contributed by atoms with Crippen LogP contribution >= 0.6 is 11.6 Å². The van der Waals surface area contributed by atoms with E-state index in [2.05, 4.69) is 5.32 Å². The number of methoxy groups -OCH3 is 1. The molecule has 0 unspecified atom stereocenters. The fraction of sp³-hybridized carbons (Fsp3) is 0.150. The summed E-state index contributed by atoms with van der Waals surface area (Å²) >= 11 is 5.97. The number of carbonyl (C=O) groups is 1. The Labute approximate surface area is 156 Å². The maximum absolute atomic E-state index is 12.4. The summed E-state index contributed by atoms with van der Waals surface area (Å²) in [5, 5.41) is 3.22. The van der Waals surface area contributed by atoms with Gasteiger partial charge in [0.25, 0.3) is 5.91 Å². The third kappa shape index (κ3) is 4.37. The van der Waals surface area contributed by atoms with Crippen molar-refractivity contribution in [3.8, 4) is 11.5 Å². The molecule has 1 N–H and O–H groups in total. The first-order chi connectivity index (χ1) is 12.5. The van der Waals surface area contributed by atoms with Crippen LogP contribution in [0, 0.1) is 6.92 Å². The van der Waals surface area contributed by atoms with E-state index in [-0.39, 0.29) is 12.4 Å². The maximum atomic E-state index is 12.4. The molecule has 0 aliphatic carbocycles. The minimum Gasteiger partial charge on any atom is -0.495 e. The Morgan fingerprint density at radius 2 is 1.88 bits per heavy atom. The van der Waals surface area contributed by atoms with Gasteiger partial charge in [-0.25, -0.2) is 0 Å². The van der Waals surface area contributed by atoms with Gasteiger partial charge in [0, 0.05) is 5.02 Å². The van der Waals surface area contributed by atoms with E-state index < -0.39 is 5.91 Å².